The maximum atomic E-state index is 12.8. The summed E-state index contributed by atoms with van der Waals surface area (Å²) in [6, 6.07) is 18.1. The molecule has 134 valence electrons. The van der Waals surface area contributed by atoms with Crippen LogP contribution in [-0.2, 0) is 4.79 Å². The van der Waals surface area contributed by atoms with E-state index in [1.54, 1.807) is 0 Å². The molecule has 0 radical (unpaired) electrons. The van der Waals surface area contributed by atoms with Gasteiger partial charge < -0.3 is 15.2 Å². The number of anilines is 1. The number of nitrogens with one attached hydrogen (secondary N) is 2. The molecule has 1 saturated heterocycles. The number of amides is 1. The zero-order valence-corrected chi connectivity index (χ0v) is 15.0. The van der Waals surface area contributed by atoms with E-state index in [1.165, 1.54) is 0 Å². The molecule has 26 heavy (non-hydrogen) atoms. The fourth-order valence-corrected chi connectivity index (χ4v) is 3.63. The molecule has 0 spiro atoms. The first-order valence-electron chi connectivity index (χ1n) is 9.26. The zero-order chi connectivity index (χ0) is 17.9. The van der Waals surface area contributed by atoms with Crippen LogP contribution in [0.25, 0.3) is 11.0 Å². The summed E-state index contributed by atoms with van der Waals surface area (Å²) in [6.07, 6.45) is 1.92. The number of piperidine rings is 1. The molecular weight excluding hydrogens is 324 g/mol. The predicted molar refractivity (Wildman–Crippen MR) is 104 cm³/mol. The van der Waals surface area contributed by atoms with Gasteiger partial charge >= 0.3 is 0 Å². The molecule has 0 saturated carbocycles. The van der Waals surface area contributed by atoms with Crippen LogP contribution in [0.2, 0.25) is 0 Å². The molecule has 4 rings (SSSR count). The molecule has 0 unspecified atom stereocenters. The molecule has 5 heteroatoms. The quantitative estimate of drug-likeness (QED) is 0.756. The van der Waals surface area contributed by atoms with E-state index in [4.69, 9.17) is 0 Å². The van der Waals surface area contributed by atoms with Crippen molar-refractivity contribution in [1.29, 1.82) is 0 Å². The molecule has 5 nitrogen and oxygen atoms in total. The average molecular weight is 348 g/mol. The van der Waals surface area contributed by atoms with Gasteiger partial charge in [0.25, 0.3) is 0 Å². The van der Waals surface area contributed by atoms with E-state index in [1.807, 2.05) is 61.5 Å². The summed E-state index contributed by atoms with van der Waals surface area (Å²) in [7, 11) is 0. The van der Waals surface area contributed by atoms with Gasteiger partial charge in [0, 0.05) is 13.1 Å². The van der Waals surface area contributed by atoms with Gasteiger partial charge in [-0.15, -0.1) is 0 Å². The minimum absolute atomic E-state index is 0.0110. The Balaban J connectivity index is 1.43. The fraction of sp³-hybridized carbons (Fsp3) is 0.333. The van der Waals surface area contributed by atoms with Gasteiger partial charge in [-0.3, -0.25) is 4.79 Å². The molecule has 2 aromatic carbocycles. The number of benzene rings is 2. The minimum Gasteiger partial charge on any atom is -0.349 e. The molecule has 1 aromatic heterocycles. The molecule has 2 atom stereocenters. The van der Waals surface area contributed by atoms with Crippen LogP contribution in [0.5, 0.6) is 0 Å². The molecule has 1 amide bonds. The Hall–Kier alpha value is -2.82. The molecule has 3 aromatic rings. The van der Waals surface area contributed by atoms with Gasteiger partial charge in [-0.05, 0) is 37.5 Å². The van der Waals surface area contributed by atoms with Gasteiger partial charge in [0.15, 0.2) is 0 Å². The normalized spacial score (nSPS) is 18.7. The Labute approximate surface area is 153 Å². The van der Waals surface area contributed by atoms with Crippen LogP contribution < -0.4 is 10.2 Å². The lowest BCUT2D eigenvalue weighted by Crippen LogP contribution is -2.44. The standard InChI is InChI=1S/C21H24N4O/c1-15(16-8-3-2-4-9-16)22-20(26)17-10-7-13-25(14-17)21-23-18-11-5-6-12-19(18)24-21/h2-6,8-9,11-12,15,17H,7,10,13-14H2,1H3,(H,22,26)(H,23,24)/t15-,17+/m0/s1. The van der Waals surface area contributed by atoms with E-state index in [-0.39, 0.29) is 17.9 Å². The summed E-state index contributed by atoms with van der Waals surface area (Å²) >= 11 is 0. The van der Waals surface area contributed by atoms with Gasteiger partial charge in [-0.2, -0.15) is 0 Å². The summed E-state index contributed by atoms with van der Waals surface area (Å²) < 4.78 is 0. The van der Waals surface area contributed by atoms with Crippen molar-refractivity contribution in [3.63, 3.8) is 0 Å². The van der Waals surface area contributed by atoms with Gasteiger partial charge in [0.2, 0.25) is 11.9 Å². The van der Waals surface area contributed by atoms with E-state index in [9.17, 15) is 4.79 Å². The van der Waals surface area contributed by atoms with E-state index in [0.29, 0.717) is 6.54 Å². The van der Waals surface area contributed by atoms with Crippen molar-refractivity contribution in [1.82, 2.24) is 15.3 Å². The number of carbonyl (C=O) groups is 1. The van der Waals surface area contributed by atoms with Crippen molar-refractivity contribution >= 4 is 22.9 Å². The van der Waals surface area contributed by atoms with Crippen LogP contribution >= 0.6 is 0 Å². The van der Waals surface area contributed by atoms with E-state index in [0.717, 1.165) is 41.9 Å². The Morgan fingerprint density at radius 3 is 2.77 bits per heavy atom. The van der Waals surface area contributed by atoms with Crippen molar-refractivity contribution in [2.45, 2.75) is 25.8 Å². The number of hydrogen-bond acceptors (Lipinski definition) is 3. The van der Waals surface area contributed by atoms with Crippen LogP contribution in [0.3, 0.4) is 0 Å². The highest BCUT2D eigenvalue weighted by Gasteiger charge is 2.28. The average Bonchev–Trinajstić information content (AvgIpc) is 3.13. The molecule has 1 fully saturated rings. The Morgan fingerprint density at radius 1 is 1.19 bits per heavy atom. The third kappa shape index (κ3) is 3.43. The number of aromatic nitrogens is 2. The van der Waals surface area contributed by atoms with Crippen molar-refractivity contribution in [2.24, 2.45) is 5.92 Å². The summed E-state index contributed by atoms with van der Waals surface area (Å²) in [5.74, 6) is 0.977. The Bertz CT molecular complexity index is 856. The second-order valence-electron chi connectivity index (χ2n) is 7.00. The molecule has 1 aliphatic heterocycles. The first-order valence-corrected chi connectivity index (χ1v) is 9.26. The summed E-state index contributed by atoms with van der Waals surface area (Å²) in [6.45, 7) is 3.66. The number of H-pyrrole nitrogens is 1. The van der Waals surface area contributed by atoms with Gasteiger partial charge in [-0.1, -0.05) is 42.5 Å². The van der Waals surface area contributed by atoms with Crippen molar-refractivity contribution in [3.8, 4) is 0 Å². The molecule has 0 aliphatic carbocycles. The lowest BCUT2D eigenvalue weighted by molar-refractivity contribution is -0.125. The first-order chi connectivity index (χ1) is 12.7. The van der Waals surface area contributed by atoms with E-state index < -0.39 is 0 Å². The van der Waals surface area contributed by atoms with Crippen LogP contribution in [0.15, 0.2) is 54.6 Å². The van der Waals surface area contributed by atoms with E-state index in [2.05, 4.69) is 20.2 Å². The molecule has 1 aliphatic rings. The molecule has 0 bridgehead atoms. The third-order valence-electron chi connectivity index (χ3n) is 5.13. The monoisotopic (exact) mass is 348 g/mol. The number of hydrogen-bond donors (Lipinski definition) is 2. The number of nitrogens with zero attached hydrogens (tertiary/aromatic N) is 2. The van der Waals surface area contributed by atoms with Crippen molar-refractivity contribution < 1.29 is 4.79 Å². The number of carbonyl (C=O) groups excluding carboxylic acids is 1. The number of rotatable bonds is 4. The maximum Gasteiger partial charge on any atom is 0.225 e. The number of aromatic amines is 1. The fourth-order valence-electron chi connectivity index (χ4n) is 3.63. The van der Waals surface area contributed by atoms with Gasteiger partial charge in [-0.25, -0.2) is 4.98 Å². The molecular formula is C21H24N4O. The Morgan fingerprint density at radius 2 is 1.96 bits per heavy atom. The topological polar surface area (TPSA) is 61.0 Å². The SMILES string of the molecule is C[C@H](NC(=O)[C@@H]1CCCN(c2nc3ccccc3[nH]2)C1)c1ccccc1. The third-order valence-corrected chi connectivity index (χ3v) is 5.13. The van der Waals surface area contributed by atoms with Crippen molar-refractivity contribution in [3.05, 3.63) is 60.2 Å². The Kier molecular flexibility index (Phi) is 4.61. The zero-order valence-electron chi connectivity index (χ0n) is 15.0. The highest BCUT2D eigenvalue weighted by molar-refractivity contribution is 5.80. The smallest absolute Gasteiger partial charge is 0.225 e. The minimum atomic E-state index is -0.0110. The lowest BCUT2D eigenvalue weighted by atomic mass is 9.96. The van der Waals surface area contributed by atoms with Crippen LogP contribution in [0.1, 0.15) is 31.4 Å². The van der Waals surface area contributed by atoms with Gasteiger partial charge in [0.05, 0.1) is 23.0 Å². The van der Waals surface area contributed by atoms with Gasteiger partial charge in [0.1, 0.15) is 0 Å². The molecule has 2 heterocycles. The number of para-hydroxylation sites is 2. The van der Waals surface area contributed by atoms with Crippen LogP contribution in [0, 0.1) is 5.92 Å². The second kappa shape index (κ2) is 7.20. The number of fused-ring (bicyclic) bond motifs is 1. The summed E-state index contributed by atoms with van der Waals surface area (Å²) in [5, 5.41) is 3.17. The number of imidazole rings is 1. The highest BCUT2D eigenvalue weighted by Crippen LogP contribution is 2.24. The van der Waals surface area contributed by atoms with Crippen LogP contribution in [-0.4, -0.2) is 29.0 Å². The lowest BCUT2D eigenvalue weighted by Gasteiger charge is -2.32. The van der Waals surface area contributed by atoms with Crippen LogP contribution in [0.4, 0.5) is 5.95 Å². The second-order valence-corrected chi connectivity index (χ2v) is 7.00. The van der Waals surface area contributed by atoms with E-state index >= 15 is 0 Å². The maximum absolute atomic E-state index is 12.8. The first kappa shape index (κ1) is 16.6. The predicted octanol–water partition coefficient (Wildman–Crippen LogP) is 3.66. The highest BCUT2D eigenvalue weighted by atomic mass is 16.2. The largest absolute Gasteiger partial charge is 0.349 e. The summed E-state index contributed by atoms with van der Waals surface area (Å²) in [4.78, 5) is 23.0. The molecule has 2 N–H and O–H groups in total. The van der Waals surface area contributed by atoms with Crippen molar-refractivity contribution in [2.75, 3.05) is 18.0 Å². The summed E-state index contributed by atoms with van der Waals surface area (Å²) in [5.41, 5.74) is 3.13.